The predicted octanol–water partition coefficient (Wildman–Crippen LogP) is 13.2. The summed E-state index contributed by atoms with van der Waals surface area (Å²) in [6.45, 7) is 38.6. The van der Waals surface area contributed by atoms with Gasteiger partial charge in [0.25, 0.3) is 27.8 Å². The second-order valence-corrected chi connectivity index (χ2v) is 31.3. The van der Waals surface area contributed by atoms with Crippen LogP contribution in [0.4, 0.5) is 20.6 Å². The molecule has 7 aromatic carbocycles. The van der Waals surface area contributed by atoms with E-state index in [2.05, 4.69) is 66.5 Å². The maximum Gasteiger partial charge on any atom is 0.494 e. The summed E-state index contributed by atoms with van der Waals surface area (Å²) in [5.74, 6) is -0.303. The van der Waals surface area contributed by atoms with Crippen molar-refractivity contribution in [3.63, 3.8) is 0 Å². The fourth-order valence-electron chi connectivity index (χ4n) is 9.07. The monoisotopic (exact) mass is 1360 g/mol. The average Bonchev–Trinajstić information content (AvgIpc) is 1.40. The number of carbonyl (C=O) groups excluding carboxylic acids is 1. The minimum absolute atomic E-state index is 0.0481. The van der Waals surface area contributed by atoms with Crippen LogP contribution in [0.25, 0.3) is 63.6 Å². The van der Waals surface area contributed by atoms with E-state index in [9.17, 15) is 33.2 Å². The van der Waals surface area contributed by atoms with Gasteiger partial charge in [-0.1, -0.05) is 153 Å². The lowest BCUT2D eigenvalue weighted by Gasteiger charge is -2.32. The van der Waals surface area contributed by atoms with Crippen LogP contribution in [0.3, 0.4) is 0 Å². The molecule has 0 amide bonds. The molecule has 100 heavy (non-hydrogen) atoms. The lowest BCUT2D eigenvalue weighted by atomic mass is 9.79. The third-order valence-corrected chi connectivity index (χ3v) is 16.9. The first kappa shape index (κ1) is 75.9. The number of H-pyrrole nitrogens is 1. The van der Waals surface area contributed by atoms with E-state index in [1.165, 1.54) is 44.5 Å². The fourth-order valence-corrected chi connectivity index (χ4v) is 9.83. The van der Waals surface area contributed by atoms with Gasteiger partial charge >= 0.3 is 13.2 Å². The number of fused-ring (bicyclic) bond motifs is 5. The van der Waals surface area contributed by atoms with E-state index in [1.54, 1.807) is 113 Å². The molecule has 1 fully saturated rings. The Balaban J connectivity index is 0.000000166. The normalized spacial score (nSPS) is 12.5. The minimum atomic E-state index is -1.09. The third kappa shape index (κ3) is 21.3. The van der Waals surface area contributed by atoms with Crippen molar-refractivity contribution in [1.29, 1.82) is 0 Å². The number of allylic oxidation sites excluding steroid dienone is 1. The highest BCUT2D eigenvalue weighted by Gasteiger charge is 2.51. The number of ether oxygens (including phenoxy) is 2. The smallest absolute Gasteiger partial charge is 0.442 e. The summed E-state index contributed by atoms with van der Waals surface area (Å²) in [4.78, 5) is 76.7. The summed E-state index contributed by atoms with van der Waals surface area (Å²) in [5, 5.41) is 29.4. The molecule has 5 aromatic heterocycles. The van der Waals surface area contributed by atoms with Crippen molar-refractivity contribution < 1.29 is 28.0 Å². The molecule has 1 saturated heterocycles. The number of hydrogen-bond donors (Lipinski definition) is 1. The number of benzene rings is 7. The average molecular weight is 1360 g/mol. The second-order valence-electron chi connectivity index (χ2n) is 25.6. The van der Waals surface area contributed by atoms with Crippen LogP contribution in [0.2, 0.25) is 25.7 Å². The van der Waals surface area contributed by atoms with Crippen LogP contribution in [0.1, 0.15) is 48.5 Å². The first-order valence-electron chi connectivity index (χ1n) is 31.6. The Morgan fingerprint density at radius 3 is 1.46 bits per heavy atom. The number of rotatable bonds is 8. The molecule has 22 nitrogen and oxygen atoms in total. The molecule has 1 N–H and O–H groups in total. The standard InChI is InChI=1S/C14H20N2O2Si.C13H16BNO2.C13H14N2O3.C11H10N2O.C9H8N2O.C8H6N2O.C7H4FN/c1-19(2,3)9-8-18-11-16-14(17)13-7-5-4-6-12(13)10-15-16;1-12(2)13(3,4)17-14(16-12)10-6-8-11(15-5)9-7-10;1-13(2,3)18-12(17)15-11(16)10-7-5-4-6-9(10)8-14-15;1-2-7-13-11(14)10-6-4-3-5-9(10)8-12-13;1-11-9(12)8-5-3-2-4-7(8)6-10-11;11-8-7-4-2-1-3-6(7)5-9-10-8;1-9-7-4-2-6(8)3-5-7/h4-7,10H,8-9,11H2,1-3H3;6-9H,1-4H3;4-8H,1-3H3;2-6,8H,1,7H2;2-6H,1H3;1-5H,(H,10,11);2-5H/i;;;;;;8-1. The van der Waals surface area contributed by atoms with Crippen LogP contribution in [0, 0.1) is 19.0 Å². The van der Waals surface area contributed by atoms with Gasteiger partial charge in [-0.15, -0.1) is 11.3 Å². The van der Waals surface area contributed by atoms with Gasteiger partial charge in [0.2, 0.25) is 0 Å². The zero-order valence-corrected chi connectivity index (χ0v) is 58.6. The molecule has 1 aliphatic heterocycles. The molecule has 13 rings (SSSR count). The molecule has 6 heterocycles. The maximum atomic E-state index is 12.1. The Morgan fingerprint density at radius 2 is 1.00 bits per heavy atom. The Labute approximate surface area is 578 Å². The molecular weight excluding hydrogens is 1290 g/mol. The van der Waals surface area contributed by atoms with E-state index in [1.807, 2.05) is 119 Å². The number of halogens is 1. The number of aryl methyl sites for hydroxylation is 1. The largest absolute Gasteiger partial charge is 0.494 e. The van der Waals surface area contributed by atoms with Crippen LogP contribution in [0.5, 0.6) is 0 Å². The van der Waals surface area contributed by atoms with Gasteiger partial charge in [-0.25, -0.2) is 38.0 Å². The van der Waals surface area contributed by atoms with E-state index >= 15 is 0 Å². The van der Waals surface area contributed by atoms with Gasteiger partial charge in [-0.3, -0.25) is 24.0 Å². The van der Waals surface area contributed by atoms with Crippen LogP contribution in [0.15, 0.2) is 237 Å². The van der Waals surface area contributed by atoms with Crippen molar-refractivity contribution >= 4 is 92.0 Å². The molecule has 0 spiro atoms. The molecular formula is C75H78BFN12O10Si. The summed E-state index contributed by atoms with van der Waals surface area (Å²) >= 11 is 0. The predicted molar refractivity (Wildman–Crippen MR) is 394 cm³/mol. The van der Waals surface area contributed by atoms with Gasteiger partial charge in [0, 0.05) is 54.0 Å². The Kier molecular flexibility index (Phi) is 26.3. The maximum absolute atomic E-state index is 12.1. The lowest BCUT2D eigenvalue weighted by molar-refractivity contribution is 0.00578. The molecule has 0 saturated carbocycles. The van der Waals surface area contributed by atoms with Gasteiger partial charge in [0.15, 0.2) is 11.4 Å². The van der Waals surface area contributed by atoms with E-state index in [-0.39, 0.29) is 53.1 Å². The highest BCUT2D eigenvalue weighted by atomic mass is 28.3. The molecule has 0 unspecified atom stereocenters. The minimum Gasteiger partial charge on any atom is -0.442 e. The summed E-state index contributed by atoms with van der Waals surface area (Å²) < 4.78 is 39.5. The Hall–Kier alpha value is -11.5. The number of hydrogen-bond acceptors (Lipinski definition) is 15. The lowest BCUT2D eigenvalue weighted by Crippen LogP contribution is -2.41. The summed E-state index contributed by atoms with van der Waals surface area (Å²) in [5.41, 5.74) is -0.0683. The summed E-state index contributed by atoms with van der Waals surface area (Å²) in [6.07, 6.45) is 9.09. The number of nitrogens with one attached hydrogen (secondary N) is 1. The molecule has 12 aromatic rings. The second kappa shape index (κ2) is 34.6. The van der Waals surface area contributed by atoms with Crippen molar-refractivity contribution in [2.45, 2.75) is 104 Å². The van der Waals surface area contributed by atoms with Crippen molar-refractivity contribution in [1.82, 2.24) is 49.3 Å². The highest BCUT2D eigenvalue weighted by molar-refractivity contribution is 6.76. The van der Waals surface area contributed by atoms with Crippen molar-refractivity contribution in [2.75, 3.05) is 6.61 Å². The Morgan fingerprint density at radius 1 is 0.590 bits per heavy atom. The molecule has 0 bridgehead atoms. The van der Waals surface area contributed by atoms with Gasteiger partial charge in [-0.05, 0) is 102 Å². The molecule has 1 aliphatic rings. The quantitative estimate of drug-likeness (QED) is 0.0643. The van der Waals surface area contributed by atoms with Gasteiger partial charge in [-0.2, -0.15) is 25.5 Å². The third-order valence-electron chi connectivity index (χ3n) is 15.2. The van der Waals surface area contributed by atoms with Crippen LogP contribution >= 0.6 is 0 Å². The zero-order valence-electron chi connectivity index (χ0n) is 57.6. The summed E-state index contributed by atoms with van der Waals surface area (Å²) in [6, 6.07) is 50.5. The molecule has 512 valence electrons. The van der Waals surface area contributed by atoms with Crippen molar-refractivity contribution in [3.05, 3.63) is 294 Å². The van der Waals surface area contributed by atoms with Gasteiger partial charge in [0.05, 0.1) is 83.4 Å². The van der Waals surface area contributed by atoms with E-state index < -0.39 is 25.3 Å². The first-order valence-corrected chi connectivity index (χ1v) is 35.3. The van der Waals surface area contributed by atoms with Gasteiger partial charge < -0.3 is 18.8 Å². The number of aromatic nitrogens is 10. The van der Waals surface area contributed by atoms with Gasteiger partial charge in [0.1, 0.15) is 18.1 Å². The first-order chi connectivity index (χ1) is 47.5. The molecule has 25 heteroatoms. The fraction of sp³-hybridized carbons (Fsp3) is 0.240. The van der Waals surface area contributed by atoms with Crippen LogP contribution in [-0.4, -0.2) is 94.0 Å². The summed E-state index contributed by atoms with van der Waals surface area (Å²) in [7, 11) is 0.215. The van der Waals surface area contributed by atoms with E-state index in [0.29, 0.717) is 51.5 Å². The zero-order chi connectivity index (χ0) is 72.8. The number of aromatic amines is 1. The van der Waals surface area contributed by atoms with Crippen molar-refractivity contribution in [2.24, 2.45) is 7.05 Å². The van der Waals surface area contributed by atoms with Crippen molar-refractivity contribution in [3.8, 4) is 0 Å². The van der Waals surface area contributed by atoms with Crippen LogP contribution < -0.4 is 33.3 Å². The number of nitrogens with zero attached hydrogens (tertiary/aromatic N) is 11. The SMILES string of the molecule is C=CCn1ncc2ccccc2c1=O.CC(C)(C)OC(=O)n1ncc2ccccc2c1=O.C[Si](C)(C)CCOCn1ncc2ccccc2c1=O.Cn1ncc2ccccc2c1=O.O=c1[nH]ncc2ccccc12.[C-]#[N+]c1ccc(B2OC(C)(C)C(C)(C)O2)cc1.[C-]#[N+]c1ccc([18F])cc1. The van der Waals surface area contributed by atoms with Crippen LogP contribution in [-0.2, 0) is 39.1 Å². The molecule has 0 atom stereocenters. The Bertz CT molecular complexity index is 5190. The molecule has 0 radical (unpaired) electrons. The highest BCUT2D eigenvalue weighted by Crippen LogP contribution is 2.36. The number of carbonyl (C=O) groups is 1. The molecule has 0 aliphatic carbocycles. The topological polar surface area (TPSA) is 248 Å². The van der Waals surface area contributed by atoms with E-state index in [4.69, 9.17) is 31.9 Å². The van der Waals surface area contributed by atoms with E-state index in [0.717, 1.165) is 43.1 Å².